The molecule has 106 valence electrons. The maximum atomic E-state index is 6.00. The number of furan rings is 1. The van der Waals surface area contributed by atoms with Crippen molar-refractivity contribution in [3.8, 4) is 17.2 Å². The number of aromatic nitrogens is 2. The Kier molecular flexibility index (Phi) is 2.60. The largest absolute Gasteiger partial charge is 0.488 e. The lowest BCUT2D eigenvalue weighted by Crippen LogP contribution is -2.15. The van der Waals surface area contributed by atoms with Gasteiger partial charge in [-0.15, -0.1) is 0 Å². The molecule has 0 fully saturated rings. The lowest BCUT2D eigenvalue weighted by atomic mass is 10.1. The Morgan fingerprint density at radius 1 is 1.14 bits per heavy atom. The first-order valence-corrected chi connectivity index (χ1v) is 6.91. The second kappa shape index (κ2) is 4.48. The topological polar surface area (TPSA) is 51.4 Å². The second-order valence-electron chi connectivity index (χ2n) is 5.27. The van der Waals surface area contributed by atoms with E-state index in [2.05, 4.69) is 9.97 Å². The fourth-order valence-corrected chi connectivity index (χ4v) is 2.79. The predicted molar refractivity (Wildman–Crippen MR) is 80.8 cm³/mol. The molecule has 0 aliphatic carbocycles. The van der Waals surface area contributed by atoms with Gasteiger partial charge >= 0.3 is 0 Å². The molecule has 0 N–H and O–H groups in total. The smallest absolute Gasteiger partial charge is 0.196 e. The van der Waals surface area contributed by atoms with E-state index >= 15 is 0 Å². The van der Waals surface area contributed by atoms with Gasteiger partial charge in [0.1, 0.15) is 23.4 Å². The minimum atomic E-state index is 0.595. The molecule has 0 atom stereocenters. The van der Waals surface area contributed by atoms with Crippen molar-refractivity contribution in [2.75, 3.05) is 25.6 Å². The van der Waals surface area contributed by atoms with Gasteiger partial charge in [0, 0.05) is 26.1 Å². The molecule has 0 radical (unpaired) electrons. The van der Waals surface area contributed by atoms with Crippen molar-refractivity contribution >= 4 is 16.8 Å². The zero-order valence-corrected chi connectivity index (χ0v) is 12.0. The number of nitrogens with zero attached hydrogens (tertiary/aromatic N) is 3. The predicted octanol–water partition coefficient (Wildman–Crippen LogP) is 2.89. The molecule has 5 nitrogen and oxygen atoms in total. The lowest BCUT2D eigenvalue weighted by molar-refractivity contribution is 0.327. The van der Waals surface area contributed by atoms with E-state index in [0.717, 1.165) is 40.2 Å². The van der Waals surface area contributed by atoms with E-state index in [-0.39, 0.29) is 0 Å². The minimum absolute atomic E-state index is 0.595. The number of hydrogen-bond acceptors (Lipinski definition) is 5. The molecule has 0 spiro atoms. The van der Waals surface area contributed by atoms with Crippen LogP contribution < -0.4 is 9.64 Å². The molecule has 0 unspecified atom stereocenters. The van der Waals surface area contributed by atoms with E-state index in [1.54, 1.807) is 6.33 Å². The minimum Gasteiger partial charge on any atom is -0.488 e. The maximum Gasteiger partial charge on any atom is 0.196 e. The SMILES string of the molecule is CN(C)c1ncnc2c1CCOc1c-2oc2ccccc12. The summed E-state index contributed by atoms with van der Waals surface area (Å²) < 4.78 is 11.9. The zero-order valence-electron chi connectivity index (χ0n) is 12.0. The summed E-state index contributed by atoms with van der Waals surface area (Å²) in [6.45, 7) is 0.595. The summed E-state index contributed by atoms with van der Waals surface area (Å²) >= 11 is 0. The van der Waals surface area contributed by atoms with E-state index in [0.29, 0.717) is 12.4 Å². The molecule has 5 heteroatoms. The summed E-state index contributed by atoms with van der Waals surface area (Å²) in [6, 6.07) is 7.90. The Hall–Kier alpha value is -2.56. The monoisotopic (exact) mass is 281 g/mol. The number of rotatable bonds is 1. The van der Waals surface area contributed by atoms with Crippen molar-refractivity contribution < 1.29 is 9.15 Å². The van der Waals surface area contributed by atoms with Gasteiger partial charge in [0.2, 0.25) is 0 Å². The van der Waals surface area contributed by atoms with Gasteiger partial charge in [0.25, 0.3) is 0 Å². The van der Waals surface area contributed by atoms with Crippen LogP contribution in [0.2, 0.25) is 0 Å². The third-order valence-electron chi connectivity index (χ3n) is 3.71. The van der Waals surface area contributed by atoms with Gasteiger partial charge in [-0.2, -0.15) is 0 Å². The standard InChI is InChI=1S/C16H15N3O2/c1-19(2)16-11-7-8-20-14-10-5-3-4-6-12(10)21-15(14)13(11)17-9-18-16/h3-6,9H,7-8H2,1-2H3. The van der Waals surface area contributed by atoms with Crippen LogP contribution in [0.5, 0.6) is 5.75 Å². The summed E-state index contributed by atoms with van der Waals surface area (Å²) in [4.78, 5) is 10.8. The quantitative estimate of drug-likeness (QED) is 0.686. The van der Waals surface area contributed by atoms with Crippen molar-refractivity contribution in [1.82, 2.24) is 9.97 Å². The molecule has 1 aliphatic rings. The third kappa shape index (κ3) is 1.77. The first-order valence-electron chi connectivity index (χ1n) is 6.91. The molecule has 4 rings (SSSR count). The summed E-state index contributed by atoms with van der Waals surface area (Å²) in [6.07, 6.45) is 2.35. The molecule has 2 aromatic heterocycles. The fraction of sp³-hybridized carbons (Fsp3) is 0.250. The Bertz CT molecular complexity index is 824. The molecule has 1 aromatic carbocycles. The van der Waals surface area contributed by atoms with Gasteiger partial charge in [0.05, 0.1) is 12.0 Å². The number of ether oxygens (including phenoxy) is 1. The van der Waals surface area contributed by atoms with Gasteiger partial charge in [-0.3, -0.25) is 0 Å². The molecule has 3 aromatic rings. The van der Waals surface area contributed by atoms with Crippen LogP contribution in [-0.2, 0) is 6.42 Å². The van der Waals surface area contributed by atoms with E-state index in [4.69, 9.17) is 9.15 Å². The number of para-hydroxylation sites is 1. The van der Waals surface area contributed by atoms with Crippen LogP contribution in [-0.4, -0.2) is 30.7 Å². The van der Waals surface area contributed by atoms with Crippen LogP contribution in [0, 0.1) is 0 Å². The Morgan fingerprint density at radius 3 is 2.86 bits per heavy atom. The number of benzene rings is 1. The summed E-state index contributed by atoms with van der Waals surface area (Å²) in [5.74, 6) is 2.40. The summed E-state index contributed by atoms with van der Waals surface area (Å²) in [7, 11) is 3.96. The molecular weight excluding hydrogens is 266 g/mol. The fourth-order valence-electron chi connectivity index (χ4n) is 2.79. The molecule has 3 heterocycles. The third-order valence-corrected chi connectivity index (χ3v) is 3.71. The van der Waals surface area contributed by atoms with Crippen molar-refractivity contribution in [3.63, 3.8) is 0 Å². The van der Waals surface area contributed by atoms with E-state index < -0.39 is 0 Å². The van der Waals surface area contributed by atoms with Gasteiger partial charge in [0.15, 0.2) is 11.5 Å². The number of fused-ring (bicyclic) bond motifs is 5. The Balaban J connectivity index is 2.03. The Morgan fingerprint density at radius 2 is 2.00 bits per heavy atom. The summed E-state index contributed by atoms with van der Waals surface area (Å²) in [5, 5.41) is 0.991. The van der Waals surface area contributed by atoms with Crippen molar-refractivity contribution in [3.05, 3.63) is 36.2 Å². The van der Waals surface area contributed by atoms with E-state index in [9.17, 15) is 0 Å². The van der Waals surface area contributed by atoms with Crippen molar-refractivity contribution in [2.45, 2.75) is 6.42 Å². The van der Waals surface area contributed by atoms with Crippen LogP contribution in [0.15, 0.2) is 35.0 Å². The molecular formula is C16H15N3O2. The molecule has 0 bridgehead atoms. The van der Waals surface area contributed by atoms with Crippen LogP contribution in [0.3, 0.4) is 0 Å². The van der Waals surface area contributed by atoms with Crippen LogP contribution >= 0.6 is 0 Å². The molecule has 0 saturated carbocycles. The van der Waals surface area contributed by atoms with Gasteiger partial charge < -0.3 is 14.1 Å². The first kappa shape index (κ1) is 12.2. The highest BCUT2D eigenvalue weighted by Gasteiger charge is 2.26. The number of anilines is 1. The Labute approximate surface area is 122 Å². The molecule has 0 amide bonds. The van der Waals surface area contributed by atoms with Crippen LogP contribution in [0.4, 0.5) is 5.82 Å². The van der Waals surface area contributed by atoms with E-state index in [1.807, 2.05) is 43.3 Å². The van der Waals surface area contributed by atoms with Gasteiger partial charge in [-0.25, -0.2) is 9.97 Å². The zero-order chi connectivity index (χ0) is 14.4. The maximum absolute atomic E-state index is 6.00. The van der Waals surface area contributed by atoms with Gasteiger partial charge in [-0.1, -0.05) is 12.1 Å². The number of hydrogen-bond donors (Lipinski definition) is 0. The second-order valence-corrected chi connectivity index (χ2v) is 5.27. The van der Waals surface area contributed by atoms with Crippen molar-refractivity contribution in [1.29, 1.82) is 0 Å². The van der Waals surface area contributed by atoms with Gasteiger partial charge in [-0.05, 0) is 12.1 Å². The average Bonchev–Trinajstić information content (AvgIpc) is 2.76. The summed E-state index contributed by atoms with van der Waals surface area (Å²) in [5.41, 5.74) is 2.72. The molecule has 0 saturated heterocycles. The first-order chi connectivity index (χ1) is 10.3. The normalized spacial score (nSPS) is 13.2. The average molecular weight is 281 g/mol. The molecule has 21 heavy (non-hydrogen) atoms. The van der Waals surface area contributed by atoms with E-state index in [1.165, 1.54) is 0 Å². The lowest BCUT2D eigenvalue weighted by Gasteiger charge is -2.16. The van der Waals surface area contributed by atoms with Crippen LogP contribution in [0.25, 0.3) is 22.4 Å². The molecule has 1 aliphatic heterocycles. The van der Waals surface area contributed by atoms with Crippen molar-refractivity contribution in [2.24, 2.45) is 0 Å². The van der Waals surface area contributed by atoms with Crippen LogP contribution in [0.1, 0.15) is 5.56 Å². The highest BCUT2D eigenvalue weighted by atomic mass is 16.5. The highest BCUT2D eigenvalue weighted by molar-refractivity contribution is 5.92. The highest BCUT2D eigenvalue weighted by Crippen LogP contribution is 2.43.